The molecule has 0 aliphatic carbocycles. The van der Waals surface area contributed by atoms with Gasteiger partial charge in [0.25, 0.3) is 0 Å². The van der Waals surface area contributed by atoms with Crippen molar-refractivity contribution in [3.8, 4) is 0 Å². The topological polar surface area (TPSA) is 90.5 Å². The van der Waals surface area contributed by atoms with Crippen LogP contribution < -0.4 is 16.0 Å². The minimum absolute atomic E-state index is 0.0300. The van der Waals surface area contributed by atoms with E-state index in [9.17, 15) is 9.59 Å². The Morgan fingerprint density at radius 3 is 2.09 bits per heavy atom. The summed E-state index contributed by atoms with van der Waals surface area (Å²) in [5.41, 5.74) is 2.38. The fourth-order valence-electron chi connectivity index (χ4n) is 1.87. The van der Waals surface area contributed by atoms with E-state index in [2.05, 4.69) is 16.0 Å². The lowest BCUT2D eigenvalue weighted by molar-refractivity contribution is -0.136. The van der Waals surface area contributed by atoms with Crippen LogP contribution in [-0.4, -0.2) is 30.1 Å². The first kappa shape index (κ1) is 16.5. The maximum Gasteiger partial charge on any atom is 0.313 e. The van der Waals surface area contributed by atoms with Gasteiger partial charge in [-0.05, 0) is 42.8 Å². The molecular weight excluding hydrogens is 294 g/mol. The van der Waals surface area contributed by atoms with Crippen LogP contribution in [0.25, 0.3) is 0 Å². The number of anilines is 3. The molecule has 23 heavy (non-hydrogen) atoms. The van der Waals surface area contributed by atoms with Crippen LogP contribution in [0.15, 0.2) is 54.6 Å². The molecule has 2 rings (SSSR count). The molecule has 0 unspecified atom stereocenters. The molecule has 0 aliphatic rings. The van der Waals surface area contributed by atoms with Gasteiger partial charge in [0.05, 0.1) is 0 Å². The molecule has 0 spiro atoms. The summed E-state index contributed by atoms with van der Waals surface area (Å²) in [6.07, 6.45) is 0.416. The van der Waals surface area contributed by atoms with Gasteiger partial charge in [-0.15, -0.1) is 0 Å². The Bertz CT molecular complexity index is 642. The molecule has 2 aromatic carbocycles. The standard InChI is InChI=1S/C17H19N3O3/c21-12-4-11-18-16(22)17(23)20-15-9-7-14(8-10-15)19-13-5-2-1-3-6-13/h1-3,5-10,19,21H,4,11-12H2,(H,18,22)(H,20,23). The van der Waals surface area contributed by atoms with Crippen LogP contribution in [0.3, 0.4) is 0 Å². The molecule has 2 amide bonds. The molecule has 0 aromatic heterocycles. The number of aliphatic hydroxyl groups excluding tert-OH is 1. The number of nitrogens with one attached hydrogen (secondary N) is 3. The van der Waals surface area contributed by atoms with Gasteiger partial charge in [-0.1, -0.05) is 18.2 Å². The lowest BCUT2D eigenvalue weighted by Crippen LogP contribution is -2.36. The average molecular weight is 313 g/mol. The minimum atomic E-state index is -0.730. The minimum Gasteiger partial charge on any atom is -0.396 e. The second-order valence-electron chi connectivity index (χ2n) is 4.86. The van der Waals surface area contributed by atoms with Crippen molar-refractivity contribution in [2.75, 3.05) is 23.8 Å². The number of hydrogen-bond donors (Lipinski definition) is 4. The van der Waals surface area contributed by atoms with Crippen LogP contribution in [-0.2, 0) is 9.59 Å². The third-order valence-corrected chi connectivity index (χ3v) is 3.03. The lowest BCUT2D eigenvalue weighted by atomic mass is 10.2. The van der Waals surface area contributed by atoms with E-state index >= 15 is 0 Å². The van der Waals surface area contributed by atoms with E-state index in [1.54, 1.807) is 12.1 Å². The summed E-state index contributed by atoms with van der Waals surface area (Å²) >= 11 is 0. The molecular formula is C17H19N3O3. The Hall–Kier alpha value is -2.86. The van der Waals surface area contributed by atoms with Gasteiger partial charge < -0.3 is 21.1 Å². The van der Waals surface area contributed by atoms with Crippen molar-refractivity contribution in [3.05, 3.63) is 54.6 Å². The van der Waals surface area contributed by atoms with Crippen molar-refractivity contribution < 1.29 is 14.7 Å². The third kappa shape index (κ3) is 5.44. The molecule has 6 heteroatoms. The maximum absolute atomic E-state index is 11.7. The van der Waals surface area contributed by atoms with Crippen molar-refractivity contribution in [1.29, 1.82) is 0 Å². The van der Waals surface area contributed by atoms with E-state index in [4.69, 9.17) is 5.11 Å². The van der Waals surface area contributed by atoms with Gasteiger partial charge in [-0.2, -0.15) is 0 Å². The number of aliphatic hydroxyl groups is 1. The zero-order valence-corrected chi connectivity index (χ0v) is 12.6. The Morgan fingerprint density at radius 2 is 1.43 bits per heavy atom. The molecule has 4 N–H and O–H groups in total. The van der Waals surface area contributed by atoms with Crippen LogP contribution >= 0.6 is 0 Å². The van der Waals surface area contributed by atoms with E-state index in [0.717, 1.165) is 11.4 Å². The number of benzene rings is 2. The highest BCUT2D eigenvalue weighted by Crippen LogP contribution is 2.18. The van der Waals surface area contributed by atoms with Gasteiger partial charge in [0.2, 0.25) is 0 Å². The monoisotopic (exact) mass is 313 g/mol. The van der Waals surface area contributed by atoms with Crippen LogP contribution in [0.2, 0.25) is 0 Å². The summed E-state index contributed by atoms with van der Waals surface area (Å²) in [4.78, 5) is 23.2. The zero-order valence-electron chi connectivity index (χ0n) is 12.6. The number of amides is 2. The van der Waals surface area contributed by atoms with Crippen molar-refractivity contribution in [2.45, 2.75) is 6.42 Å². The van der Waals surface area contributed by atoms with Gasteiger partial charge in [-0.25, -0.2) is 0 Å². The highest BCUT2D eigenvalue weighted by Gasteiger charge is 2.12. The smallest absolute Gasteiger partial charge is 0.313 e. The van der Waals surface area contributed by atoms with Crippen molar-refractivity contribution in [3.63, 3.8) is 0 Å². The Balaban J connectivity index is 1.87. The molecule has 0 aliphatic heterocycles. The van der Waals surface area contributed by atoms with Crippen molar-refractivity contribution in [1.82, 2.24) is 5.32 Å². The van der Waals surface area contributed by atoms with E-state index in [1.165, 1.54) is 0 Å². The SMILES string of the molecule is O=C(NCCCO)C(=O)Nc1ccc(Nc2ccccc2)cc1. The van der Waals surface area contributed by atoms with Gasteiger partial charge in [-0.3, -0.25) is 9.59 Å². The molecule has 0 saturated carbocycles. The molecule has 0 atom stereocenters. The van der Waals surface area contributed by atoms with Gasteiger partial charge in [0.15, 0.2) is 0 Å². The van der Waals surface area contributed by atoms with Crippen LogP contribution in [0, 0.1) is 0 Å². The average Bonchev–Trinajstić information content (AvgIpc) is 2.57. The number of rotatable bonds is 6. The normalized spacial score (nSPS) is 9.96. The maximum atomic E-state index is 11.7. The van der Waals surface area contributed by atoms with E-state index in [-0.39, 0.29) is 13.2 Å². The lowest BCUT2D eigenvalue weighted by Gasteiger charge is -2.09. The van der Waals surface area contributed by atoms with E-state index in [0.29, 0.717) is 12.1 Å². The molecule has 0 fully saturated rings. The first-order valence-corrected chi connectivity index (χ1v) is 7.31. The van der Waals surface area contributed by atoms with E-state index in [1.807, 2.05) is 42.5 Å². The van der Waals surface area contributed by atoms with Crippen LogP contribution in [0.4, 0.5) is 17.1 Å². The first-order chi connectivity index (χ1) is 11.2. The van der Waals surface area contributed by atoms with Crippen molar-refractivity contribution >= 4 is 28.9 Å². The van der Waals surface area contributed by atoms with E-state index < -0.39 is 11.8 Å². The third-order valence-electron chi connectivity index (χ3n) is 3.03. The Labute approximate surface area is 134 Å². The Morgan fingerprint density at radius 1 is 0.826 bits per heavy atom. The molecule has 0 saturated heterocycles. The molecule has 120 valence electrons. The molecule has 0 bridgehead atoms. The first-order valence-electron chi connectivity index (χ1n) is 7.31. The summed E-state index contributed by atoms with van der Waals surface area (Å²) in [6.45, 7) is 0.237. The summed E-state index contributed by atoms with van der Waals surface area (Å²) < 4.78 is 0. The van der Waals surface area contributed by atoms with Crippen LogP contribution in [0.1, 0.15) is 6.42 Å². The Kier molecular flexibility index (Phi) is 6.14. The fourth-order valence-corrected chi connectivity index (χ4v) is 1.87. The van der Waals surface area contributed by atoms with Gasteiger partial charge >= 0.3 is 11.8 Å². The summed E-state index contributed by atoms with van der Waals surface area (Å²) in [7, 11) is 0. The summed E-state index contributed by atoms with van der Waals surface area (Å²) in [6, 6.07) is 16.8. The molecule has 0 radical (unpaired) electrons. The predicted octanol–water partition coefficient (Wildman–Crippen LogP) is 1.87. The number of hydrogen-bond acceptors (Lipinski definition) is 4. The number of carbonyl (C=O) groups excluding carboxylic acids is 2. The van der Waals surface area contributed by atoms with Gasteiger partial charge in [0.1, 0.15) is 0 Å². The second-order valence-corrected chi connectivity index (χ2v) is 4.86. The highest BCUT2D eigenvalue weighted by molar-refractivity contribution is 6.39. The zero-order chi connectivity index (χ0) is 16.5. The molecule has 2 aromatic rings. The highest BCUT2D eigenvalue weighted by atomic mass is 16.3. The number of para-hydroxylation sites is 1. The fraction of sp³-hybridized carbons (Fsp3) is 0.176. The largest absolute Gasteiger partial charge is 0.396 e. The van der Waals surface area contributed by atoms with Crippen molar-refractivity contribution in [2.24, 2.45) is 0 Å². The summed E-state index contributed by atoms with van der Waals surface area (Å²) in [5.74, 6) is -1.45. The molecule has 6 nitrogen and oxygen atoms in total. The molecule has 0 heterocycles. The predicted molar refractivity (Wildman–Crippen MR) is 89.5 cm³/mol. The van der Waals surface area contributed by atoms with Crippen LogP contribution in [0.5, 0.6) is 0 Å². The summed E-state index contributed by atoms with van der Waals surface area (Å²) in [5, 5.41) is 16.8. The quantitative estimate of drug-likeness (QED) is 0.484. The number of carbonyl (C=O) groups is 2. The van der Waals surface area contributed by atoms with Gasteiger partial charge in [0, 0.05) is 30.2 Å². The second kappa shape index (κ2) is 8.55.